The van der Waals surface area contributed by atoms with Gasteiger partial charge in [0.25, 0.3) is 0 Å². The van der Waals surface area contributed by atoms with Gasteiger partial charge in [0.05, 0.1) is 24.2 Å². The van der Waals surface area contributed by atoms with Gasteiger partial charge in [0.1, 0.15) is 5.76 Å². The molecule has 1 heterocycles. The molecule has 0 radical (unpaired) electrons. The second-order valence-electron chi connectivity index (χ2n) is 5.04. The van der Waals surface area contributed by atoms with Gasteiger partial charge in [0.15, 0.2) is 0 Å². The molecule has 2 rings (SSSR count). The summed E-state index contributed by atoms with van der Waals surface area (Å²) in [7, 11) is -0.528. The molecule has 0 unspecified atom stereocenters. The summed E-state index contributed by atoms with van der Waals surface area (Å²) in [6, 6.07) is 9.62. The summed E-state index contributed by atoms with van der Waals surface area (Å²) in [4.78, 5) is 12.0. The summed E-state index contributed by atoms with van der Waals surface area (Å²) in [6.07, 6.45) is 1.57. The summed E-state index contributed by atoms with van der Waals surface area (Å²) < 4.78 is 30.2. The number of hydrogen-bond donors (Lipinski definition) is 2. The standard InChI is InChI=1S/C15H19N3O4S/c1-18(2)23(20,21)14-7-5-12(6-8-14)17-15(19)11-16-10-13-4-3-9-22-13/h3-9,16H,10-11H2,1-2H3,(H,17,19). The number of sulfonamides is 1. The lowest BCUT2D eigenvalue weighted by Gasteiger charge is -2.12. The highest BCUT2D eigenvalue weighted by Gasteiger charge is 2.16. The molecule has 0 saturated heterocycles. The molecule has 1 amide bonds. The monoisotopic (exact) mass is 337 g/mol. The lowest BCUT2D eigenvalue weighted by Crippen LogP contribution is -2.27. The van der Waals surface area contributed by atoms with Crippen LogP contribution in [-0.2, 0) is 21.4 Å². The van der Waals surface area contributed by atoms with Gasteiger partial charge in [-0.05, 0) is 36.4 Å². The second kappa shape index (κ2) is 7.40. The Morgan fingerprint density at radius 2 is 1.87 bits per heavy atom. The molecular weight excluding hydrogens is 318 g/mol. The number of carbonyl (C=O) groups is 1. The number of hydrogen-bond acceptors (Lipinski definition) is 5. The maximum atomic E-state index is 11.9. The SMILES string of the molecule is CN(C)S(=O)(=O)c1ccc(NC(=O)CNCc2ccco2)cc1. The maximum absolute atomic E-state index is 11.9. The van der Waals surface area contributed by atoms with Crippen molar-refractivity contribution < 1.29 is 17.6 Å². The van der Waals surface area contributed by atoms with Gasteiger partial charge in [-0.2, -0.15) is 0 Å². The molecule has 0 fully saturated rings. The third-order valence-electron chi connectivity index (χ3n) is 3.08. The van der Waals surface area contributed by atoms with Crippen LogP contribution in [0.2, 0.25) is 0 Å². The Morgan fingerprint density at radius 3 is 2.43 bits per heavy atom. The minimum absolute atomic E-state index is 0.123. The molecule has 124 valence electrons. The van der Waals surface area contributed by atoms with E-state index in [0.717, 1.165) is 10.1 Å². The molecule has 1 aromatic heterocycles. The van der Waals surface area contributed by atoms with Gasteiger partial charge in [-0.25, -0.2) is 12.7 Å². The van der Waals surface area contributed by atoms with Gasteiger partial charge < -0.3 is 15.1 Å². The second-order valence-corrected chi connectivity index (χ2v) is 7.19. The Bertz CT molecular complexity index is 738. The van der Waals surface area contributed by atoms with Crippen molar-refractivity contribution in [1.29, 1.82) is 0 Å². The van der Waals surface area contributed by atoms with Crippen LogP contribution in [0.5, 0.6) is 0 Å². The van der Waals surface area contributed by atoms with Gasteiger partial charge in [-0.15, -0.1) is 0 Å². The van der Waals surface area contributed by atoms with Crippen LogP contribution in [0.1, 0.15) is 5.76 Å². The first-order valence-corrected chi connectivity index (χ1v) is 8.39. The zero-order valence-electron chi connectivity index (χ0n) is 12.9. The van der Waals surface area contributed by atoms with Crippen LogP contribution in [0, 0.1) is 0 Å². The summed E-state index contributed by atoms with van der Waals surface area (Å²) in [5.41, 5.74) is 0.535. The van der Waals surface area contributed by atoms with E-state index in [9.17, 15) is 13.2 Å². The molecule has 8 heteroatoms. The van der Waals surface area contributed by atoms with Gasteiger partial charge >= 0.3 is 0 Å². The number of carbonyl (C=O) groups excluding carboxylic acids is 1. The van der Waals surface area contributed by atoms with Crippen LogP contribution >= 0.6 is 0 Å². The highest BCUT2D eigenvalue weighted by molar-refractivity contribution is 7.89. The molecule has 0 spiro atoms. The molecular formula is C15H19N3O4S. The van der Waals surface area contributed by atoms with Crippen molar-refractivity contribution >= 4 is 21.6 Å². The number of nitrogens with zero attached hydrogens (tertiary/aromatic N) is 1. The van der Waals surface area contributed by atoms with Crippen molar-refractivity contribution in [3.05, 3.63) is 48.4 Å². The van der Waals surface area contributed by atoms with E-state index in [0.29, 0.717) is 12.2 Å². The highest BCUT2D eigenvalue weighted by Crippen LogP contribution is 2.16. The number of nitrogens with one attached hydrogen (secondary N) is 2. The average Bonchev–Trinajstić information content (AvgIpc) is 3.01. The fourth-order valence-electron chi connectivity index (χ4n) is 1.84. The highest BCUT2D eigenvalue weighted by atomic mass is 32.2. The van der Waals surface area contributed by atoms with Crippen LogP contribution in [0.3, 0.4) is 0 Å². The Balaban J connectivity index is 1.87. The van der Waals surface area contributed by atoms with Gasteiger partial charge in [-0.1, -0.05) is 0 Å². The predicted octanol–water partition coefficient (Wildman–Crippen LogP) is 1.26. The molecule has 0 saturated carbocycles. The van der Waals surface area contributed by atoms with E-state index in [1.165, 1.54) is 26.2 Å². The predicted molar refractivity (Wildman–Crippen MR) is 86.4 cm³/mol. The van der Waals surface area contributed by atoms with Crippen LogP contribution < -0.4 is 10.6 Å². The van der Waals surface area contributed by atoms with Crippen molar-refractivity contribution in [2.75, 3.05) is 26.0 Å². The van der Waals surface area contributed by atoms with Gasteiger partial charge in [0, 0.05) is 19.8 Å². The third-order valence-corrected chi connectivity index (χ3v) is 4.91. The number of amides is 1. The summed E-state index contributed by atoms with van der Waals surface area (Å²) >= 11 is 0. The van der Waals surface area contributed by atoms with E-state index in [1.807, 2.05) is 6.07 Å². The Morgan fingerprint density at radius 1 is 1.17 bits per heavy atom. The largest absolute Gasteiger partial charge is 0.468 e. The summed E-state index contributed by atoms with van der Waals surface area (Å²) in [5.74, 6) is 0.524. The van der Waals surface area contributed by atoms with E-state index >= 15 is 0 Å². The lowest BCUT2D eigenvalue weighted by molar-refractivity contribution is -0.115. The Hall–Kier alpha value is -2.16. The van der Waals surface area contributed by atoms with Crippen molar-refractivity contribution in [1.82, 2.24) is 9.62 Å². The van der Waals surface area contributed by atoms with Crippen LogP contribution in [0.25, 0.3) is 0 Å². The fourth-order valence-corrected chi connectivity index (χ4v) is 2.74. The molecule has 0 aliphatic carbocycles. The van der Waals surface area contributed by atoms with Crippen molar-refractivity contribution in [3.63, 3.8) is 0 Å². The molecule has 2 aromatic rings. The first-order valence-electron chi connectivity index (χ1n) is 6.95. The van der Waals surface area contributed by atoms with E-state index in [1.54, 1.807) is 24.5 Å². The molecule has 0 bridgehead atoms. The van der Waals surface area contributed by atoms with Crippen LogP contribution in [0.15, 0.2) is 52.0 Å². The molecule has 0 atom stereocenters. The zero-order chi connectivity index (χ0) is 16.9. The van der Waals surface area contributed by atoms with Crippen molar-refractivity contribution in [3.8, 4) is 0 Å². The summed E-state index contributed by atoms with van der Waals surface area (Å²) in [6.45, 7) is 0.582. The van der Waals surface area contributed by atoms with Crippen LogP contribution in [0.4, 0.5) is 5.69 Å². The number of rotatable bonds is 7. The molecule has 0 aliphatic rings. The lowest BCUT2D eigenvalue weighted by atomic mass is 10.3. The first-order chi connectivity index (χ1) is 10.9. The quantitative estimate of drug-likeness (QED) is 0.793. The molecule has 0 aliphatic heterocycles. The van der Waals surface area contributed by atoms with E-state index < -0.39 is 10.0 Å². The smallest absolute Gasteiger partial charge is 0.242 e. The van der Waals surface area contributed by atoms with Crippen molar-refractivity contribution in [2.45, 2.75) is 11.4 Å². The van der Waals surface area contributed by atoms with E-state index in [-0.39, 0.29) is 17.3 Å². The number of furan rings is 1. The van der Waals surface area contributed by atoms with Gasteiger partial charge in [0.2, 0.25) is 15.9 Å². The fraction of sp³-hybridized carbons (Fsp3) is 0.267. The normalized spacial score (nSPS) is 11.6. The molecule has 23 heavy (non-hydrogen) atoms. The van der Waals surface area contributed by atoms with Gasteiger partial charge in [-0.3, -0.25) is 4.79 Å². The first kappa shape index (κ1) is 17.2. The minimum Gasteiger partial charge on any atom is -0.468 e. The Labute approximate surface area is 135 Å². The van der Waals surface area contributed by atoms with E-state index in [4.69, 9.17) is 4.42 Å². The molecule has 7 nitrogen and oxygen atoms in total. The zero-order valence-corrected chi connectivity index (χ0v) is 13.8. The van der Waals surface area contributed by atoms with Crippen molar-refractivity contribution in [2.24, 2.45) is 0 Å². The summed E-state index contributed by atoms with van der Waals surface area (Å²) in [5, 5.41) is 5.64. The van der Waals surface area contributed by atoms with Crippen LogP contribution in [-0.4, -0.2) is 39.3 Å². The minimum atomic E-state index is -3.46. The average molecular weight is 337 g/mol. The number of anilines is 1. The molecule has 1 aromatic carbocycles. The van der Waals surface area contributed by atoms with E-state index in [2.05, 4.69) is 10.6 Å². The Kier molecular flexibility index (Phi) is 5.54. The number of benzene rings is 1. The molecule has 2 N–H and O–H groups in total. The maximum Gasteiger partial charge on any atom is 0.242 e. The third kappa shape index (κ3) is 4.65. The topological polar surface area (TPSA) is 91.7 Å².